The highest BCUT2D eigenvalue weighted by Gasteiger charge is 2.37. The van der Waals surface area contributed by atoms with Crippen molar-refractivity contribution in [2.45, 2.75) is 96.9 Å². The molecule has 1 fully saturated rings. The van der Waals surface area contributed by atoms with Crippen molar-refractivity contribution in [3.63, 3.8) is 0 Å². The lowest BCUT2D eigenvalue weighted by atomic mass is 9.93. The summed E-state index contributed by atoms with van der Waals surface area (Å²) in [6.45, 7) is 9.30. The quantitative estimate of drug-likeness (QED) is 0.409. The first kappa shape index (κ1) is 30.0. The molecular weight excluding hydrogens is 494 g/mol. The molecule has 3 amide bonds. The minimum Gasteiger partial charge on any atom is -0.508 e. The molecule has 0 spiro atoms. The number of nitrogens with zero attached hydrogens (tertiary/aromatic N) is 1. The number of carbonyl (C=O) groups is 3. The Morgan fingerprint density at radius 1 is 1.03 bits per heavy atom. The van der Waals surface area contributed by atoms with Gasteiger partial charge in [0.1, 0.15) is 23.4 Å². The molecule has 3 N–H and O–H groups in total. The molecule has 1 saturated carbocycles. The molecule has 2 aromatic carbocycles. The lowest BCUT2D eigenvalue weighted by Crippen LogP contribution is -2.54. The number of phenolic OH excluding ortho intramolecular Hbond substituents is 1. The summed E-state index contributed by atoms with van der Waals surface area (Å²) in [7, 11) is 0. The van der Waals surface area contributed by atoms with Crippen LogP contribution in [0.3, 0.4) is 0 Å². The number of rotatable bonds is 9. The van der Waals surface area contributed by atoms with Gasteiger partial charge in [0.2, 0.25) is 11.8 Å². The lowest BCUT2D eigenvalue weighted by Gasteiger charge is -2.35. The van der Waals surface area contributed by atoms with Gasteiger partial charge in [0.15, 0.2) is 0 Å². The molecule has 0 radical (unpaired) electrons. The van der Waals surface area contributed by atoms with Crippen LogP contribution >= 0.6 is 0 Å². The molecule has 0 heterocycles. The SMILES string of the molecule is CCN(C(=O)C(Cc1ccc(O)cc1)NC(=O)OC(C)(C)C)C(C(=O)NC1CCCCC1)c1ccccc1C. The fourth-order valence-electron chi connectivity index (χ4n) is 5.05. The van der Waals surface area contributed by atoms with Crippen LogP contribution < -0.4 is 10.6 Å². The zero-order valence-corrected chi connectivity index (χ0v) is 23.8. The van der Waals surface area contributed by atoms with Crippen LogP contribution in [0.2, 0.25) is 0 Å². The maximum atomic E-state index is 14.2. The third-order valence-corrected chi connectivity index (χ3v) is 6.98. The molecule has 8 heteroatoms. The molecular formula is C31H43N3O5. The Kier molecular flexibility index (Phi) is 10.4. The van der Waals surface area contributed by atoms with Crippen molar-refractivity contribution < 1.29 is 24.2 Å². The van der Waals surface area contributed by atoms with Gasteiger partial charge in [0.25, 0.3) is 0 Å². The molecule has 0 aromatic heterocycles. The number of hydrogen-bond acceptors (Lipinski definition) is 5. The van der Waals surface area contributed by atoms with E-state index in [1.54, 1.807) is 37.8 Å². The summed E-state index contributed by atoms with van der Waals surface area (Å²) in [6.07, 6.45) is 4.62. The summed E-state index contributed by atoms with van der Waals surface area (Å²) in [5.74, 6) is -0.494. The van der Waals surface area contributed by atoms with Gasteiger partial charge in [-0.15, -0.1) is 0 Å². The summed E-state index contributed by atoms with van der Waals surface area (Å²) < 4.78 is 5.46. The minimum absolute atomic E-state index is 0.0826. The molecule has 0 saturated heterocycles. The van der Waals surface area contributed by atoms with Gasteiger partial charge in [-0.2, -0.15) is 0 Å². The van der Waals surface area contributed by atoms with E-state index in [4.69, 9.17) is 4.74 Å². The molecule has 39 heavy (non-hydrogen) atoms. The molecule has 1 aliphatic rings. The average Bonchev–Trinajstić information content (AvgIpc) is 2.88. The van der Waals surface area contributed by atoms with Gasteiger partial charge in [0, 0.05) is 19.0 Å². The van der Waals surface area contributed by atoms with Gasteiger partial charge < -0.3 is 25.4 Å². The Balaban J connectivity index is 1.96. The normalized spacial score (nSPS) is 15.6. The van der Waals surface area contributed by atoms with Gasteiger partial charge in [-0.25, -0.2) is 4.79 Å². The van der Waals surface area contributed by atoms with Crippen molar-refractivity contribution in [1.82, 2.24) is 15.5 Å². The fraction of sp³-hybridized carbons (Fsp3) is 0.516. The first-order chi connectivity index (χ1) is 18.5. The van der Waals surface area contributed by atoms with E-state index in [1.807, 2.05) is 38.1 Å². The van der Waals surface area contributed by atoms with Crippen molar-refractivity contribution >= 4 is 17.9 Å². The van der Waals surface area contributed by atoms with E-state index in [0.29, 0.717) is 0 Å². The Morgan fingerprint density at radius 2 is 1.67 bits per heavy atom. The minimum atomic E-state index is -0.988. The number of aromatic hydroxyl groups is 1. The summed E-state index contributed by atoms with van der Waals surface area (Å²) in [4.78, 5) is 42.4. The molecule has 2 unspecified atom stereocenters. The summed E-state index contributed by atoms with van der Waals surface area (Å²) in [5.41, 5.74) is 1.66. The number of phenols is 1. The topological polar surface area (TPSA) is 108 Å². The third-order valence-electron chi connectivity index (χ3n) is 6.98. The number of alkyl carbamates (subject to hydrolysis) is 1. The van der Waals surface area contributed by atoms with Crippen molar-refractivity contribution in [1.29, 1.82) is 0 Å². The highest BCUT2D eigenvalue weighted by Crippen LogP contribution is 2.27. The van der Waals surface area contributed by atoms with E-state index in [-0.39, 0.29) is 36.6 Å². The van der Waals surface area contributed by atoms with Crippen molar-refractivity contribution in [2.24, 2.45) is 0 Å². The van der Waals surface area contributed by atoms with E-state index in [1.165, 1.54) is 18.6 Å². The lowest BCUT2D eigenvalue weighted by molar-refractivity contribution is -0.142. The highest BCUT2D eigenvalue weighted by atomic mass is 16.6. The van der Waals surface area contributed by atoms with Gasteiger partial charge >= 0.3 is 6.09 Å². The Morgan fingerprint density at radius 3 is 2.26 bits per heavy atom. The third kappa shape index (κ3) is 8.73. The second-order valence-corrected chi connectivity index (χ2v) is 11.3. The average molecular weight is 538 g/mol. The Hall–Kier alpha value is -3.55. The number of likely N-dealkylation sites (N-methyl/N-ethyl adjacent to an activating group) is 1. The monoisotopic (exact) mass is 537 g/mol. The summed E-state index contributed by atoms with van der Waals surface area (Å²) in [6, 6.07) is 12.3. The molecule has 3 rings (SSSR count). The molecule has 0 aliphatic heterocycles. The van der Waals surface area contributed by atoms with Crippen LogP contribution in [0.5, 0.6) is 5.75 Å². The molecule has 2 aromatic rings. The number of nitrogens with one attached hydrogen (secondary N) is 2. The van der Waals surface area contributed by atoms with Crippen LogP contribution in [0.25, 0.3) is 0 Å². The highest BCUT2D eigenvalue weighted by molar-refractivity contribution is 5.92. The van der Waals surface area contributed by atoms with Crippen LogP contribution in [-0.4, -0.2) is 52.1 Å². The van der Waals surface area contributed by atoms with Crippen LogP contribution in [0.4, 0.5) is 4.79 Å². The second kappa shape index (κ2) is 13.5. The molecule has 2 atom stereocenters. The smallest absolute Gasteiger partial charge is 0.408 e. The number of carbonyl (C=O) groups excluding carboxylic acids is 3. The first-order valence-electron chi connectivity index (χ1n) is 13.9. The van der Waals surface area contributed by atoms with Crippen molar-refractivity contribution in [3.8, 4) is 5.75 Å². The van der Waals surface area contributed by atoms with Gasteiger partial charge in [-0.3, -0.25) is 9.59 Å². The Labute approximate surface area is 232 Å². The van der Waals surface area contributed by atoms with Crippen LogP contribution in [0.1, 0.15) is 82.5 Å². The van der Waals surface area contributed by atoms with E-state index < -0.39 is 23.8 Å². The fourth-order valence-corrected chi connectivity index (χ4v) is 5.05. The standard InChI is InChI=1S/C31H43N3O5/c1-6-34(27(25-15-11-10-12-21(25)2)28(36)32-23-13-8-7-9-14-23)29(37)26(33-30(38)39-31(3,4)5)20-22-16-18-24(35)19-17-22/h10-12,15-19,23,26-27,35H,6-9,13-14,20H2,1-5H3,(H,32,36)(H,33,38). The number of benzene rings is 2. The zero-order valence-electron chi connectivity index (χ0n) is 23.8. The van der Waals surface area contributed by atoms with Gasteiger partial charge in [0.05, 0.1) is 0 Å². The van der Waals surface area contributed by atoms with E-state index >= 15 is 0 Å². The Bertz CT molecular complexity index is 1120. The predicted molar refractivity (Wildman–Crippen MR) is 151 cm³/mol. The summed E-state index contributed by atoms with van der Waals surface area (Å²) in [5, 5.41) is 15.7. The van der Waals surface area contributed by atoms with Gasteiger partial charge in [-0.1, -0.05) is 55.7 Å². The number of amides is 3. The van der Waals surface area contributed by atoms with Crippen LogP contribution in [0.15, 0.2) is 48.5 Å². The number of hydrogen-bond donors (Lipinski definition) is 3. The second-order valence-electron chi connectivity index (χ2n) is 11.3. The largest absolute Gasteiger partial charge is 0.508 e. The van der Waals surface area contributed by atoms with Crippen LogP contribution in [0, 0.1) is 6.92 Å². The van der Waals surface area contributed by atoms with E-state index in [2.05, 4.69) is 10.6 Å². The first-order valence-corrected chi connectivity index (χ1v) is 13.9. The van der Waals surface area contributed by atoms with E-state index in [9.17, 15) is 19.5 Å². The van der Waals surface area contributed by atoms with Crippen molar-refractivity contribution in [3.05, 3.63) is 65.2 Å². The number of aryl methyl sites for hydroxylation is 1. The molecule has 0 bridgehead atoms. The molecule has 212 valence electrons. The van der Waals surface area contributed by atoms with Crippen LogP contribution in [-0.2, 0) is 20.7 Å². The summed E-state index contributed by atoms with van der Waals surface area (Å²) >= 11 is 0. The molecule has 1 aliphatic carbocycles. The maximum absolute atomic E-state index is 14.2. The molecule has 8 nitrogen and oxygen atoms in total. The number of ether oxygens (including phenoxy) is 1. The van der Waals surface area contributed by atoms with Gasteiger partial charge in [-0.05, 0) is 76.3 Å². The van der Waals surface area contributed by atoms with E-state index in [0.717, 1.165) is 42.4 Å². The zero-order chi connectivity index (χ0) is 28.6. The predicted octanol–water partition coefficient (Wildman–Crippen LogP) is 5.18. The maximum Gasteiger partial charge on any atom is 0.408 e. The van der Waals surface area contributed by atoms with Crippen molar-refractivity contribution in [2.75, 3.05) is 6.54 Å².